The van der Waals surface area contributed by atoms with Gasteiger partial charge >= 0.3 is 5.97 Å². The molecule has 3 rings (SSSR count). The molecule has 0 saturated carbocycles. The maximum atomic E-state index is 12.1. The van der Waals surface area contributed by atoms with Crippen LogP contribution in [0.1, 0.15) is 44.1 Å². The molecule has 0 radical (unpaired) electrons. The van der Waals surface area contributed by atoms with Gasteiger partial charge in [-0.15, -0.1) is 11.3 Å². The predicted octanol–water partition coefficient (Wildman–Crippen LogP) is 3.02. The lowest BCUT2D eigenvalue weighted by atomic mass is 9.95. The molecule has 2 aromatic heterocycles. The summed E-state index contributed by atoms with van der Waals surface area (Å²) in [5, 5.41) is 0.802. The molecule has 0 atom stereocenters. The highest BCUT2D eigenvalue weighted by Gasteiger charge is 2.27. The van der Waals surface area contributed by atoms with Crippen molar-refractivity contribution in [3.63, 3.8) is 0 Å². The number of aldehydes is 1. The third-order valence-electron chi connectivity index (χ3n) is 3.66. The first-order chi connectivity index (χ1) is 9.76. The van der Waals surface area contributed by atoms with Gasteiger partial charge in [-0.05, 0) is 43.4 Å². The number of rotatable bonds is 3. The zero-order chi connectivity index (χ0) is 14.1. The summed E-state index contributed by atoms with van der Waals surface area (Å²) in [5.41, 5.74) is 2.29. The highest BCUT2D eigenvalue weighted by molar-refractivity contribution is 7.15. The Morgan fingerprint density at radius 1 is 1.40 bits per heavy atom. The van der Waals surface area contributed by atoms with Gasteiger partial charge < -0.3 is 9.30 Å². The zero-order valence-electron chi connectivity index (χ0n) is 11.2. The molecule has 1 aliphatic rings. The predicted molar refractivity (Wildman–Crippen MR) is 77.0 cm³/mol. The van der Waals surface area contributed by atoms with E-state index in [1.807, 2.05) is 12.3 Å². The van der Waals surface area contributed by atoms with Crippen LogP contribution in [0.4, 0.5) is 0 Å². The van der Waals surface area contributed by atoms with Crippen molar-refractivity contribution in [2.45, 2.75) is 25.7 Å². The number of aryl methyl sites for hydroxylation is 1. The fraction of sp³-hybridized carbons (Fsp3) is 0.333. The first-order valence-corrected chi connectivity index (χ1v) is 7.43. The second-order valence-electron chi connectivity index (χ2n) is 4.80. The van der Waals surface area contributed by atoms with Crippen molar-refractivity contribution < 1.29 is 14.3 Å². The molecule has 0 fully saturated rings. The van der Waals surface area contributed by atoms with E-state index in [0.717, 1.165) is 42.5 Å². The Morgan fingerprint density at radius 2 is 2.20 bits per heavy atom. The Balaban J connectivity index is 2.22. The van der Waals surface area contributed by atoms with Crippen LogP contribution in [-0.2, 0) is 17.6 Å². The van der Waals surface area contributed by atoms with E-state index in [4.69, 9.17) is 4.74 Å². The maximum Gasteiger partial charge on any atom is 0.341 e. The molecule has 0 amide bonds. The van der Waals surface area contributed by atoms with Crippen LogP contribution in [0.5, 0.6) is 0 Å². The zero-order valence-corrected chi connectivity index (χ0v) is 12.0. The van der Waals surface area contributed by atoms with Crippen molar-refractivity contribution in [3.05, 3.63) is 40.0 Å². The number of esters is 1. The molecule has 5 heteroatoms. The molecule has 104 valence electrons. The highest BCUT2D eigenvalue weighted by Crippen LogP contribution is 2.37. The van der Waals surface area contributed by atoms with Crippen molar-refractivity contribution in [3.8, 4) is 5.00 Å². The molecule has 0 unspecified atom stereocenters. The second-order valence-corrected chi connectivity index (χ2v) is 5.89. The first-order valence-electron chi connectivity index (χ1n) is 6.62. The SMILES string of the molecule is COC(=O)c1c(-n2cccc2C=O)sc2c1CCCC2. The normalized spacial score (nSPS) is 13.8. The molecule has 2 aromatic rings. The number of ether oxygens (including phenoxy) is 1. The average molecular weight is 289 g/mol. The number of thiophene rings is 1. The summed E-state index contributed by atoms with van der Waals surface area (Å²) in [6, 6.07) is 3.55. The minimum atomic E-state index is -0.315. The number of carbonyl (C=O) groups excluding carboxylic acids is 2. The van der Waals surface area contributed by atoms with Gasteiger partial charge in [0.25, 0.3) is 0 Å². The summed E-state index contributed by atoms with van der Waals surface area (Å²) in [6.45, 7) is 0. The number of hydrogen-bond acceptors (Lipinski definition) is 4. The van der Waals surface area contributed by atoms with Gasteiger partial charge in [-0.1, -0.05) is 0 Å². The smallest absolute Gasteiger partial charge is 0.341 e. The van der Waals surface area contributed by atoms with Gasteiger partial charge in [0.15, 0.2) is 6.29 Å². The summed E-state index contributed by atoms with van der Waals surface area (Å²) in [5.74, 6) is -0.315. The van der Waals surface area contributed by atoms with E-state index in [1.54, 1.807) is 22.0 Å². The summed E-state index contributed by atoms with van der Waals surface area (Å²) in [6.07, 6.45) is 6.78. The standard InChI is InChI=1S/C15H15NO3S/c1-19-15(18)13-11-6-2-3-7-12(11)20-14(13)16-8-4-5-10(16)9-17/h4-5,8-9H,2-3,6-7H2,1H3. The van der Waals surface area contributed by atoms with Crippen molar-refractivity contribution in [2.75, 3.05) is 7.11 Å². The average Bonchev–Trinajstić information content (AvgIpc) is 3.09. The number of hydrogen-bond donors (Lipinski definition) is 0. The number of methoxy groups -OCH3 is 1. The molecule has 2 heterocycles. The Bertz CT molecular complexity index is 669. The molecule has 4 nitrogen and oxygen atoms in total. The molecule has 1 aliphatic carbocycles. The minimum absolute atomic E-state index is 0.315. The Morgan fingerprint density at radius 3 is 2.95 bits per heavy atom. The number of fused-ring (bicyclic) bond motifs is 1. The van der Waals surface area contributed by atoms with Gasteiger partial charge in [0.1, 0.15) is 5.00 Å². The van der Waals surface area contributed by atoms with Crippen LogP contribution in [0.15, 0.2) is 18.3 Å². The molecule has 0 saturated heterocycles. The first kappa shape index (κ1) is 13.1. The third-order valence-corrected chi connectivity index (χ3v) is 4.95. The van der Waals surface area contributed by atoms with Crippen LogP contribution in [0.3, 0.4) is 0 Å². The van der Waals surface area contributed by atoms with E-state index >= 15 is 0 Å². The van der Waals surface area contributed by atoms with Crippen molar-refractivity contribution in [1.82, 2.24) is 4.57 Å². The van der Waals surface area contributed by atoms with Gasteiger partial charge in [0.05, 0.1) is 18.4 Å². The molecule has 0 aromatic carbocycles. The lowest BCUT2D eigenvalue weighted by Gasteiger charge is -2.11. The van der Waals surface area contributed by atoms with Gasteiger partial charge in [-0.25, -0.2) is 4.79 Å². The van der Waals surface area contributed by atoms with Gasteiger partial charge in [-0.3, -0.25) is 4.79 Å². The van der Waals surface area contributed by atoms with Crippen LogP contribution in [0, 0.1) is 0 Å². The monoisotopic (exact) mass is 289 g/mol. The third kappa shape index (κ3) is 1.98. The van der Waals surface area contributed by atoms with Crippen molar-refractivity contribution >= 4 is 23.6 Å². The second kappa shape index (κ2) is 5.25. The Labute approximate surface area is 121 Å². The van der Waals surface area contributed by atoms with Gasteiger partial charge in [0, 0.05) is 11.1 Å². The fourth-order valence-electron chi connectivity index (χ4n) is 2.71. The van der Waals surface area contributed by atoms with Crippen molar-refractivity contribution in [2.24, 2.45) is 0 Å². The summed E-state index contributed by atoms with van der Waals surface area (Å²) in [4.78, 5) is 24.5. The van der Waals surface area contributed by atoms with Gasteiger partial charge in [-0.2, -0.15) is 0 Å². The fourth-order valence-corrected chi connectivity index (χ4v) is 4.09. The van der Waals surface area contributed by atoms with E-state index in [-0.39, 0.29) is 5.97 Å². The molecule has 0 bridgehead atoms. The van der Waals surface area contributed by atoms with Crippen LogP contribution >= 0.6 is 11.3 Å². The summed E-state index contributed by atoms with van der Waals surface area (Å²) >= 11 is 1.60. The quantitative estimate of drug-likeness (QED) is 0.644. The van der Waals surface area contributed by atoms with Crippen LogP contribution in [-0.4, -0.2) is 23.9 Å². The number of aromatic nitrogens is 1. The van der Waals surface area contributed by atoms with E-state index < -0.39 is 0 Å². The molecule has 0 spiro atoms. The largest absolute Gasteiger partial charge is 0.465 e. The topological polar surface area (TPSA) is 48.3 Å². The van der Waals surface area contributed by atoms with E-state index in [2.05, 4.69) is 0 Å². The Hall–Kier alpha value is -1.88. The summed E-state index contributed by atoms with van der Waals surface area (Å²) in [7, 11) is 1.40. The molecule has 0 N–H and O–H groups in total. The van der Waals surface area contributed by atoms with Crippen molar-refractivity contribution in [1.29, 1.82) is 0 Å². The molecular formula is C15H15NO3S. The lowest BCUT2D eigenvalue weighted by molar-refractivity contribution is 0.0599. The molecule has 0 aliphatic heterocycles. The maximum absolute atomic E-state index is 12.1. The van der Waals surface area contributed by atoms with Crippen LogP contribution in [0.25, 0.3) is 5.00 Å². The van der Waals surface area contributed by atoms with E-state index in [1.165, 1.54) is 12.0 Å². The van der Waals surface area contributed by atoms with Crippen LogP contribution in [0.2, 0.25) is 0 Å². The summed E-state index contributed by atoms with van der Waals surface area (Å²) < 4.78 is 6.72. The lowest BCUT2D eigenvalue weighted by Crippen LogP contribution is -2.10. The number of carbonyl (C=O) groups is 2. The van der Waals surface area contributed by atoms with Gasteiger partial charge in [0.2, 0.25) is 0 Å². The number of nitrogens with zero attached hydrogens (tertiary/aromatic N) is 1. The molecule has 20 heavy (non-hydrogen) atoms. The highest BCUT2D eigenvalue weighted by atomic mass is 32.1. The van der Waals surface area contributed by atoms with Crippen LogP contribution < -0.4 is 0 Å². The molecular weight excluding hydrogens is 274 g/mol. The minimum Gasteiger partial charge on any atom is -0.465 e. The Kier molecular flexibility index (Phi) is 3.44. The van der Waals surface area contributed by atoms with E-state index in [0.29, 0.717) is 11.3 Å². The van der Waals surface area contributed by atoms with E-state index in [9.17, 15) is 9.59 Å².